The smallest absolute Gasteiger partial charge is 0.0699 e. The van der Waals surface area contributed by atoms with Crippen LogP contribution in [0.25, 0.3) is 0 Å². The van der Waals surface area contributed by atoms with Gasteiger partial charge in [0.2, 0.25) is 0 Å². The molecule has 0 aromatic rings. The van der Waals surface area contributed by atoms with Gasteiger partial charge in [-0.1, -0.05) is 31.4 Å². The van der Waals surface area contributed by atoms with Crippen molar-refractivity contribution in [2.75, 3.05) is 13.1 Å². The lowest BCUT2D eigenvalue weighted by Gasteiger charge is -2.27. The Labute approximate surface area is 84.4 Å². The first-order valence-corrected chi connectivity index (χ1v) is 4.79. The molecule has 1 fully saturated rings. The molecule has 0 saturated carbocycles. The molecular formula is C12H14N2. The summed E-state index contributed by atoms with van der Waals surface area (Å²) in [4.78, 5) is 4.48. The quantitative estimate of drug-likeness (QED) is 0.699. The first-order chi connectivity index (χ1) is 6.77. The molecule has 72 valence electrons. The molecule has 0 unspecified atom stereocenters. The highest BCUT2D eigenvalue weighted by atomic mass is 15.0. The van der Waals surface area contributed by atoms with E-state index in [2.05, 4.69) is 23.5 Å². The van der Waals surface area contributed by atoms with Crippen LogP contribution < -0.4 is 5.32 Å². The van der Waals surface area contributed by atoms with Gasteiger partial charge in [-0.25, -0.2) is 0 Å². The minimum atomic E-state index is 0.509. The third-order valence-corrected chi connectivity index (χ3v) is 2.51. The molecule has 0 amide bonds. The second-order valence-electron chi connectivity index (χ2n) is 3.59. The van der Waals surface area contributed by atoms with Crippen LogP contribution in [0.5, 0.6) is 0 Å². The first-order valence-electron chi connectivity index (χ1n) is 4.79. The van der Waals surface area contributed by atoms with E-state index in [1.165, 1.54) is 0 Å². The first kappa shape index (κ1) is 9.16. The van der Waals surface area contributed by atoms with Gasteiger partial charge in [0.15, 0.2) is 0 Å². The molecule has 0 aromatic carbocycles. The number of nitrogens with zero attached hydrogens (tertiary/aromatic N) is 1. The summed E-state index contributed by atoms with van der Waals surface area (Å²) >= 11 is 0. The lowest BCUT2D eigenvalue weighted by Crippen LogP contribution is -2.42. The topological polar surface area (TPSA) is 24.4 Å². The van der Waals surface area contributed by atoms with E-state index in [4.69, 9.17) is 0 Å². The zero-order chi connectivity index (χ0) is 9.97. The zero-order valence-electron chi connectivity index (χ0n) is 8.16. The molecule has 1 saturated heterocycles. The number of hydrogen-bond acceptors (Lipinski definition) is 2. The standard InChI is InChI=1S/C12H14N2/c1-9-5-3-4-6-12(9)14-10(2)11-7-13-8-11/h3-6,11,13H,1-2,7-8H2. The van der Waals surface area contributed by atoms with E-state index in [9.17, 15) is 0 Å². The average molecular weight is 186 g/mol. The van der Waals surface area contributed by atoms with E-state index in [1.54, 1.807) is 0 Å². The molecule has 2 nitrogen and oxygen atoms in total. The molecule has 1 heterocycles. The summed E-state index contributed by atoms with van der Waals surface area (Å²) in [5.41, 5.74) is 2.85. The maximum Gasteiger partial charge on any atom is 0.0699 e. The molecule has 1 N–H and O–H groups in total. The fourth-order valence-electron chi connectivity index (χ4n) is 1.39. The lowest BCUT2D eigenvalue weighted by atomic mass is 10.00. The number of aliphatic imine (C=N–C) groups is 1. The van der Waals surface area contributed by atoms with Crippen molar-refractivity contribution in [3.8, 4) is 0 Å². The monoisotopic (exact) mass is 186 g/mol. The van der Waals surface area contributed by atoms with Gasteiger partial charge in [0.05, 0.1) is 5.71 Å². The van der Waals surface area contributed by atoms with Crippen molar-refractivity contribution < 1.29 is 0 Å². The van der Waals surface area contributed by atoms with Crippen molar-refractivity contribution in [3.63, 3.8) is 0 Å². The zero-order valence-corrected chi connectivity index (χ0v) is 8.16. The van der Waals surface area contributed by atoms with Gasteiger partial charge in [-0.2, -0.15) is 0 Å². The lowest BCUT2D eigenvalue weighted by molar-refractivity contribution is 0.398. The fourth-order valence-corrected chi connectivity index (χ4v) is 1.39. The Balaban J connectivity index is 2.09. The van der Waals surface area contributed by atoms with Crippen LogP contribution >= 0.6 is 0 Å². The van der Waals surface area contributed by atoms with Gasteiger partial charge in [0.1, 0.15) is 0 Å². The van der Waals surface area contributed by atoms with Gasteiger partial charge >= 0.3 is 0 Å². The molecule has 0 atom stereocenters. The van der Waals surface area contributed by atoms with Crippen LogP contribution in [0.4, 0.5) is 0 Å². The molecule has 0 spiro atoms. The summed E-state index contributed by atoms with van der Waals surface area (Å²) in [6.45, 7) is 9.91. The van der Waals surface area contributed by atoms with E-state index in [0.29, 0.717) is 5.92 Å². The van der Waals surface area contributed by atoms with Gasteiger partial charge in [0, 0.05) is 24.7 Å². The minimum Gasteiger partial charge on any atom is -0.315 e. The predicted octanol–water partition coefficient (Wildman–Crippen LogP) is 1.84. The van der Waals surface area contributed by atoms with Crippen LogP contribution in [-0.2, 0) is 0 Å². The summed E-state index contributed by atoms with van der Waals surface area (Å²) < 4.78 is 0. The molecule has 2 rings (SSSR count). The summed E-state index contributed by atoms with van der Waals surface area (Å²) in [5, 5.41) is 3.21. The maximum absolute atomic E-state index is 4.48. The summed E-state index contributed by atoms with van der Waals surface area (Å²) in [5.74, 6) is 0.509. The van der Waals surface area contributed by atoms with Crippen molar-refractivity contribution in [3.05, 3.63) is 48.7 Å². The van der Waals surface area contributed by atoms with E-state index < -0.39 is 0 Å². The maximum atomic E-state index is 4.48. The third kappa shape index (κ3) is 1.75. The van der Waals surface area contributed by atoms with Gasteiger partial charge in [-0.05, 0) is 11.6 Å². The number of rotatable bonds is 2. The summed E-state index contributed by atoms with van der Waals surface area (Å²) in [6.07, 6.45) is 7.87. The largest absolute Gasteiger partial charge is 0.315 e. The van der Waals surface area contributed by atoms with Gasteiger partial charge in [0.25, 0.3) is 0 Å². The molecule has 2 aliphatic rings. The molecule has 0 radical (unpaired) electrons. The van der Waals surface area contributed by atoms with Gasteiger partial charge < -0.3 is 5.32 Å². The Morgan fingerprint density at radius 1 is 1.36 bits per heavy atom. The highest BCUT2D eigenvalue weighted by molar-refractivity contribution is 6.11. The van der Waals surface area contributed by atoms with Crippen LogP contribution in [0.3, 0.4) is 0 Å². The predicted molar refractivity (Wildman–Crippen MR) is 60.4 cm³/mol. The van der Waals surface area contributed by atoms with Crippen LogP contribution in [0.2, 0.25) is 0 Å². The normalized spacial score (nSPS) is 24.0. The fraction of sp³-hybridized carbons (Fsp3) is 0.250. The summed E-state index contributed by atoms with van der Waals surface area (Å²) in [6, 6.07) is 0. The van der Waals surface area contributed by atoms with Crippen molar-refractivity contribution >= 4 is 5.71 Å². The average Bonchev–Trinajstić information content (AvgIpc) is 2.05. The van der Waals surface area contributed by atoms with Crippen LogP contribution in [-0.4, -0.2) is 18.8 Å². The summed E-state index contributed by atoms with van der Waals surface area (Å²) in [7, 11) is 0. The molecule has 0 aromatic heterocycles. The van der Waals surface area contributed by atoms with Crippen molar-refractivity contribution in [2.45, 2.75) is 0 Å². The molecule has 0 bridgehead atoms. The second kappa shape index (κ2) is 3.76. The van der Waals surface area contributed by atoms with E-state index in [-0.39, 0.29) is 0 Å². The molecular weight excluding hydrogens is 172 g/mol. The Morgan fingerprint density at radius 2 is 2.07 bits per heavy atom. The Morgan fingerprint density at radius 3 is 2.64 bits per heavy atom. The van der Waals surface area contributed by atoms with Gasteiger partial charge in [-0.3, -0.25) is 4.99 Å². The van der Waals surface area contributed by atoms with E-state index in [0.717, 1.165) is 30.1 Å². The minimum absolute atomic E-state index is 0.509. The van der Waals surface area contributed by atoms with E-state index in [1.807, 2.05) is 24.3 Å². The second-order valence-corrected chi connectivity index (χ2v) is 3.59. The third-order valence-electron chi connectivity index (χ3n) is 2.51. The molecule has 2 heteroatoms. The number of nitrogens with one attached hydrogen (secondary N) is 1. The van der Waals surface area contributed by atoms with Crippen molar-refractivity contribution in [1.82, 2.24) is 5.32 Å². The van der Waals surface area contributed by atoms with Crippen LogP contribution in [0.1, 0.15) is 0 Å². The Kier molecular flexibility index (Phi) is 2.46. The Bertz CT molecular complexity index is 355. The van der Waals surface area contributed by atoms with E-state index >= 15 is 0 Å². The molecule has 1 aliphatic carbocycles. The SMILES string of the molecule is C=C1C=CC=CC1=NC(=C)C1CNC1. The van der Waals surface area contributed by atoms with Crippen molar-refractivity contribution in [1.29, 1.82) is 0 Å². The Hall–Kier alpha value is -1.41. The number of allylic oxidation sites excluding steroid dienone is 5. The van der Waals surface area contributed by atoms with Gasteiger partial charge in [-0.15, -0.1) is 0 Å². The highest BCUT2D eigenvalue weighted by Crippen LogP contribution is 2.17. The highest BCUT2D eigenvalue weighted by Gasteiger charge is 2.19. The molecule has 14 heavy (non-hydrogen) atoms. The van der Waals surface area contributed by atoms with Crippen LogP contribution in [0, 0.1) is 5.92 Å². The van der Waals surface area contributed by atoms with Crippen LogP contribution in [0.15, 0.2) is 53.7 Å². The molecule has 1 aliphatic heterocycles. The van der Waals surface area contributed by atoms with Crippen molar-refractivity contribution in [2.24, 2.45) is 10.9 Å². The number of hydrogen-bond donors (Lipinski definition) is 1.